The lowest BCUT2D eigenvalue weighted by molar-refractivity contribution is -0.116. The van der Waals surface area contributed by atoms with Gasteiger partial charge in [0.25, 0.3) is 5.56 Å². The molecule has 3 aromatic rings. The lowest BCUT2D eigenvalue weighted by Gasteiger charge is -2.08. The summed E-state index contributed by atoms with van der Waals surface area (Å²) in [5.74, 6) is -0.249. The third kappa shape index (κ3) is 2.60. The number of carbonyl (C=O) groups is 1. The van der Waals surface area contributed by atoms with E-state index in [-0.39, 0.29) is 18.0 Å². The summed E-state index contributed by atoms with van der Waals surface area (Å²) < 4.78 is 1.28. The van der Waals surface area contributed by atoms with Crippen molar-refractivity contribution in [1.82, 2.24) is 9.55 Å². The van der Waals surface area contributed by atoms with Crippen molar-refractivity contribution in [1.29, 1.82) is 0 Å². The Morgan fingerprint density at radius 3 is 2.79 bits per heavy atom. The summed E-state index contributed by atoms with van der Waals surface area (Å²) in [6.45, 7) is -0.0516. The molecule has 0 radical (unpaired) electrons. The van der Waals surface area contributed by atoms with Gasteiger partial charge in [-0.15, -0.1) is 0 Å². The summed E-state index contributed by atoms with van der Waals surface area (Å²) in [4.78, 5) is 27.6. The number of amides is 1. The first-order chi connectivity index (χ1) is 11.7. The molecule has 1 N–H and O–H groups in total. The van der Waals surface area contributed by atoms with Crippen molar-refractivity contribution in [2.24, 2.45) is 0 Å². The van der Waals surface area contributed by atoms with E-state index in [1.807, 2.05) is 30.3 Å². The Hall–Kier alpha value is -3.21. The Morgan fingerprint density at radius 2 is 1.92 bits per heavy atom. The van der Waals surface area contributed by atoms with Gasteiger partial charge in [0, 0.05) is 18.0 Å². The van der Waals surface area contributed by atoms with E-state index in [9.17, 15) is 9.59 Å². The maximum Gasteiger partial charge on any atom is 0.253 e. The largest absolute Gasteiger partial charge is 0.325 e. The van der Waals surface area contributed by atoms with Crippen LogP contribution in [0, 0.1) is 0 Å². The molecular formula is C19H15N3O2. The molecule has 5 heteroatoms. The zero-order chi connectivity index (χ0) is 16.5. The van der Waals surface area contributed by atoms with Crippen molar-refractivity contribution in [3.8, 4) is 11.1 Å². The molecular weight excluding hydrogens is 302 g/mol. The van der Waals surface area contributed by atoms with Crippen LogP contribution in [0.15, 0.2) is 65.8 Å². The second-order valence-corrected chi connectivity index (χ2v) is 5.80. The molecule has 5 nitrogen and oxygen atoms in total. The number of hydrogen-bond donors (Lipinski definition) is 1. The number of carbonyl (C=O) groups excluding carboxylic acids is 1. The van der Waals surface area contributed by atoms with Crippen molar-refractivity contribution >= 4 is 11.6 Å². The van der Waals surface area contributed by atoms with Crippen molar-refractivity contribution in [3.05, 3.63) is 82.5 Å². The minimum atomic E-state index is -0.249. The van der Waals surface area contributed by atoms with Gasteiger partial charge < -0.3 is 5.32 Å². The number of hydrogen-bond acceptors (Lipinski definition) is 3. The second-order valence-electron chi connectivity index (χ2n) is 5.80. The Balaban J connectivity index is 1.53. The fourth-order valence-electron chi connectivity index (χ4n) is 3.08. The molecule has 0 spiro atoms. The number of nitrogens with zero attached hydrogens (tertiary/aromatic N) is 2. The van der Waals surface area contributed by atoms with E-state index in [1.165, 1.54) is 45.4 Å². The van der Waals surface area contributed by atoms with E-state index >= 15 is 0 Å². The number of aromatic nitrogens is 2. The molecule has 0 saturated carbocycles. The van der Waals surface area contributed by atoms with Gasteiger partial charge in [0.1, 0.15) is 6.54 Å². The first-order valence-corrected chi connectivity index (χ1v) is 7.72. The Bertz CT molecular complexity index is 992. The Kier molecular flexibility index (Phi) is 3.46. The molecule has 4 rings (SSSR count). The minimum absolute atomic E-state index is 0.0516. The second kappa shape index (κ2) is 5.77. The van der Waals surface area contributed by atoms with Crippen LogP contribution in [0.4, 0.5) is 5.69 Å². The normalized spacial score (nSPS) is 11.7. The van der Waals surface area contributed by atoms with Crippen LogP contribution in [0.2, 0.25) is 0 Å². The van der Waals surface area contributed by atoms with Crippen molar-refractivity contribution in [2.45, 2.75) is 13.0 Å². The van der Waals surface area contributed by atoms with Crippen LogP contribution in [0.1, 0.15) is 11.1 Å². The Labute approximate surface area is 138 Å². The average molecular weight is 317 g/mol. The lowest BCUT2D eigenvalue weighted by Crippen LogP contribution is -2.27. The molecule has 0 bridgehead atoms. The van der Waals surface area contributed by atoms with Crippen LogP contribution in [0.5, 0.6) is 0 Å². The highest BCUT2D eigenvalue weighted by atomic mass is 16.2. The molecule has 0 unspecified atom stereocenters. The van der Waals surface area contributed by atoms with Gasteiger partial charge in [0.2, 0.25) is 5.91 Å². The highest BCUT2D eigenvalue weighted by molar-refractivity contribution is 5.91. The molecule has 0 aliphatic heterocycles. The SMILES string of the molecule is O=C(Cn1cnccc1=O)Nc1ccc2c(c1)Cc1ccccc1-2. The van der Waals surface area contributed by atoms with Gasteiger partial charge in [-0.05, 0) is 40.8 Å². The predicted octanol–water partition coefficient (Wildman–Crippen LogP) is 2.45. The third-order valence-electron chi connectivity index (χ3n) is 4.18. The van der Waals surface area contributed by atoms with E-state index < -0.39 is 0 Å². The summed E-state index contributed by atoms with van der Waals surface area (Å²) in [6.07, 6.45) is 3.65. The number of rotatable bonds is 3. The highest BCUT2D eigenvalue weighted by Gasteiger charge is 2.18. The zero-order valence-corrected chi connectivity index (χ0v) is 12.9. The quantitative estimate of drug-likeness (QED) is 0.631. The lowest BCUT2D eigenvalue weighted by atomic mass is 10.1. The minimum Gasteiger partial charge on any atom is -0.325 e. The number of anilines is 1. The van der Waals surface area contributed by atoms with Gasteiger partial charge in [-0.2, -0.15) is 0 Å². The smallest absolute Gasteiger partial charge is 0.253 e. The molecule has 1 aliphatic rings. The van der Waals surface area contributed by atoms with E-state index in [0.717, 1.165) is 12.1 Å². The van der Waals surface area contributed by atoms with Gasteiger partial charge in [-0.25, -0.2) is 4.98 Å². The predicted molar refractivity (Wildman–Crippen MR) is 91.8 cm³/mol. The highest BCUT2D eigenvalue weighted by Crippen LogP contribution is 2.37. The van der Waals surface area contributed by atoms with Crippen LogP contribution in [-0.4, -0.2) is 15.5 Å². The average Bonchev–Trinajstić information content (AvgIpc) is 2.94. The van der Waals surface area contributed by atoms with Crippen LogP contribution >= 0.6 is 0 Å². The third-order valence-corrected chi connectivity index (χ3v) is 4.18. The maximum atomic E-state index is 12.2. The van der Waals surface area contributed by atoms with E-state index in [1.54, 1.807) is 0 Å². The molecule has 1 aliphatic carbocycles. The van der Waals surface area contributed by atoms with Crippen molar-refractivity contribution in [2.75, 3.05) is 5.32 Å². The van der Waals surface area contributed by atoms with Gasteiger partial charge in [-0.3, -0.25) is 14.2 Å². The van der Waals surface area contributed by atoms with Crippen LogP contribution in [-0.2, 0) is 17.8 Å². The van der Waals surface area contributed by atoms with E-state index in [4.69, 9.17) is 0 Å². The summed E-state index contributed by atoms with van der Waals surface area (Å²) in [6, 6.07) is 15.6. The number of fused-ring (bicyclic) bond motifs is 3. The zero-order valence-electron chi connectivity index (χ0n) is 12.9. The molecule has 2 aromatic carbocycles. The first kappa shape index (κ1) is 14.4. The molecule has 0 atom stereocenters. The molecule has 1 aromatic heterocycles. The fourth-order valence-corrected chi connectivity index (χ4v) is 3.08. The summed E-state index contributed by atoms with van der Waals surface area (Å²) in [5.41, 5.74) is 5.47. The summed E-state index contributed by atoms with van der Waals surface area (Å²) >= 11 is 0. The van der Waals surface area contributed by atoms with E-state index in [0.29, 0.717) is 0 Å². The van der Waals surface area contributed by atoms with Crippen LogP contribution in [0.3, 0.4) is 0 Å². The number of benzene rings is 2. The molecule has 24 heavy (non-hydrogen) atoms. The van der Waals surface area contributed by atoms with Gasteiger partial charge in [0.15, 0.2) is 0 Å². The fraction of sp³-hybridized carbons (Fsp3) is 0.105. The molecule has 1 heterocycles. The number of nitrogens with one attached hydrogen (secondary N) is 1. The van der Waals surface area contributed by atoms with Crippen molar-refractivity contribution < 1.29 is 4.79 Å². The molecule has 118 valence electrons. The van der Waals surface area contributed by atoms with Gasteiger partial charge in [0.05, 0.1) is 6.33 Å². The summed E-state index contributed by atoms with van der Waals surface area (Å²) in [5, 5.41) is 2.85. The topological polar surface area (TPSA) is 64.0 Å². The van der Waals surface area contributed by atoms with E-state index in [2.05, 4.69) is 22.4 Å². The van der Waals surface area contributed by atoms with Crippen LogP contribution in [0.25, 0.3) is 11.1 Å². The van der Waals surface area contributed by atoms with Crippen LogP contribution < -0.4 is 10.9 Å². The van der Waals surface area contributed by atoms with Gasteiger partial charge >= 0.3 is 0 Å². The standard InChI is InChI=1S/C19H15N3O2/c23-18(11-22-12-20-8-7-19(22)24)21-15-5-6-17-14(10-15)9-13-3-1-2-4-16(13)17/h1-8,10,12H,9,11H2,(H,21,23). The molecule has 0 fully saturated rings. The summed E-state index contributed by atoms with van der Waals surface area (Å²) in [7, 11) is 0. The Morgan fingerprint density at radius 1 is 1.08 bits per heavy atom. The van der Waals surface area contributed by atoms with Crippen molar-refractivity contribution in [3.63, 3.8) is 0 Å². The maximum absolute atomic E-state index is 12.2. The molecule has 1 amide bonds. The van der Waals surface area contributed by atoms with Gasteiger partial charge in [-0.1, -0.05) is 30.3 Å². The molecule has 0 saturated heterocycles. The monoisotopic (exact) mass is 317 g/mol. The first-order valence-electron chi connectivity index (χ1n) is 7.72.